The maximum absolute atomic E-state index is 11.7. The third-order valence-electron chi connectivity index (χ3n) is 4.68. The highest BCUT2D eigenvalue weighted by atomic mass is 16.5. The van der Waals surface area contributed by atoms with Crippen LogP contribution in [0.3, 0.4) is 0 Å². The van der Waals surface area contributed by atoms with Crippen LogP contribution in [0.15, 0.2) is 0 Å². The number of amides is 1. The van der Waals surface area contributed by atoms with Crippen LogP contribution in [0.25, 0.3) is 0 Å². The maximum Gasteiger partial charge on any atom is 0.248 e. The first-order valence-electron chi connectivity index (χ1n) is 7.73. The second-order valence-corrected chi connectivity index (χ2v) is 6.12. The molecule has 19 heavy (non-hydrogen) atoms. The minimum absolute atomic E-state index is 0.131. The highest BCUT2D eigenvalue weighted by Gasteiger charge is 2.27. The largest absolute Gasteiger partial charge is 0.375 e. The third-order valence-corrected chi connectivity index (χ3v) is 4.68. The fourth-order valence-electron chi connectivity index (χ4n) is 3.38. The molecule has 110 valence electrons. The van der Waals surface area contributed by atoms with Crippen molar-refractivity contribution in [1.29, 1.82) is 0 Å². The number of methoxy groups -OCH3 is 1. The summed E-state index contributed by atoms with van der Waals surface area (Å²) in [5.41, 5.74) is 0. The molecule has 1 heterocycles. The predicted octanol–water partition coefficient (Wildman–Crippen LogP) is 1.79. The molecule has 1 saturated carbocycles. The van der Waals surface area contributed by atoms with E-state index in [9.17, 15) is 4.79 Å². The lowest BCUT2D eigenvalue weighted by Crippen LogP contribution is -2.50. The molecular weight excluding hydrogens is 240 g/mol. The van der Waals surface area contributed by atoms with Gasteiger partial charge >= 0.3 is 0 Å². The fourth-order valence-corrected chi connectivity index (χ4v) is 3.38. The number of carbonyl (C=O) groups is 1. The highest BCUT2D eigenvalue weighted by Crippen LogP contribution is 2.25. The normalized spacial score (nSPS) is 29.5. The quantitative estimate of drug-likeness (QED) is 0.845. The van der Waals surface area contributed by atoms with Crippen LogP contribution in [-0.4, -0.2) is 49.7 Å². The molecule has 2 unspecified atom stereocenters. The standard InChI is InChI=1S/C15H28N2O2/c1-12-5-3-4-6-14(12)16-13-7-9-17(10-8-13)15(18)11-19-2/h12-14,16H,3-11H2,1-2H3. The van der Waals surface area contributed by atoms with E-state index in [0.717, 1.165) is 31.8 Å². The van der Waals surface area contributed by atoms with E-state index in [1.807, 2.05) is 4.90 Å². The molecule has 0 bridgehead atoms. The van der Waals surface area contributed by atoms with Crippen molar-refractivity contribution in [2.75, 3.05) is 26.8 Å². The average molecular weight is 268 g/mol. The second kappa shape index (κ2) is 7.25. The van der Waals surface area contributed by atoms with Gasteiger partial charge in [0, 0.05) is 32.3 Å². The van der Waals surface area contributed by atoms with Crippen LogP contribution in [0.2, 0.25) is 0 Å². The molecule has 1 aliphatic carbocycles. The lowest BCUT2D eigenvalue weighted by Gasteiger charge is -2.37. The molecule has 0 aromatic carbocycles. The van der Waals surface area contributed by atoms with E-state index < -0.39 is 0 Å². The molecule has 1 N–H and O–H groups in total. The van der Waals surface area contributed by atoms with Crippen LogP contribution in [0, 0.1) is 5.92 Å². The maximum atomic E-state index is 11.7. The zero-order chi connectivity index (χ0) is 13.7. The average Bonchev–Trinajstić information content (AvgIpc) is 2.42. The molecular formula is C15H28N2O2. The van der Waals surface area contributed by atoms with Gasteiger partial charge in [0.2, 0.25) is 5.91 Å². The topological polar surface area (TPSA) is 41.6 Å². The Morgan fingerprint density at radius 3 is 2.53 bits per heavy atom. The van der Waals surface area contributed by atoms with Gasteiger partial charge in [-0.3, -0.25) is 4.79 Å². The Morgan fingerprint density at radius 2 is 1.89 bits per heavy atom. The van der Waals surface area contributed by atoms with Gasteiger partial charge in [-0.1, -0.05) is 19.8 Å². The zero-order valence-corrected chi connectivity index (χ0v) is 12.4. The molecule has 2 rings (SSSR count). The molecule has 1 amide bonds. The molecule has 2 fully saturated rings. The summed E-state index contributed by atoms with van der Waals surface area (Å²) < 4.78 is 4.91. The van der Waals surface area contributed by atoms with E-state index in [2.05, 4.69) is 12.2 Å². The van der Waals surface area contributed by atoms with Crippen molar-refractivity contribution in [3.8, 4) is 0 Å². The molecule has 4 heteroatoms. The van der Waals surface area contributed by atoms with Crippen LogP contribution in [0.5, 0.6) is 0 Å². The number of piperidine rings is 1. The number of rotatable bonds is 4. The smallest absolute Gasteiger partial charge is 0.248 e. The van der Waals surface area contributed by atoms with Crippen LogP contribution in [-0.2, 0) is 9.53 Å². The summed E-state index contributed by atoms with van der Waals surface area (Å²) in [6.45, 7) is 4.34. The van der Waals surface area contributed by atoms with E-state index in [-0.39, 0.29) is 12.5 Å². The van der Waals surface area contributed by atoms with Gasteiger partial charge in [0.05, 0.1) is 0 Å². The summed E-state index contributed by atoms with van der Waals surface area (Å²) in [6, 6.07) is 1.29. The molecule has 0 radical (unpaired) electrons. The first-order valence-corrected chi connectivity index (χ1v) is 7.73. The Morgan fingerprint density at radius 1 is 1.21 bits per heavy atom. The summed E-state index contributed by atoms with van der Waals surface area (Å²) in [6.07, 6.45) is 7.61. The molecule has 4 nitrogen and oxygen atoms in total. The lowest BCUT2D eigenvalue weighted by atomic mass is 9.85. The first-order chi connectivity index (χ1) is 9.20. The molecule has 1 aliphatic heterocycles. The van der Waals surface area contributed by atoms with Crippen molar-refractivity contribution in [2.45, 2.75) is 57.5 Å². The Hall–Kier alpha value is -0.610. The Kier molecular flexibility index (Phi) is 5.64. The fraction of sp³-hybridized carbons (Fsp3) is 0.933. The summed E-state index contributed by atoms with van der Waals surface area (Å²) in [5.74, 6) is 0.939. The van der Waals surface area contributed by atoms with E-state index in [1.165, 1.54) is 25.7 Å². The van der Waals surface area contributed by atoms with Crippen molar-refractivity contribution < 1.29 is 9.53 Å². The summed E-state index contributed by atoms with van der Waals surface area (Å²) in [4.78, 5) is 13.7. The number of likely N-dealkylation sites (tertiary alicyclic amines) is 1. The Balaban J connectivity index is 1.72. The van der Waals surface area contributed by atoms with Gasteiger partial charge in [0.15, 0.2) is 0 Å². The molecule has 2 aliphatic rings. The van der Waals surface area contributed by atoms with Crippen molar-refractivity contribution in [3.63, 3.8) is 0 Å². The van der Waals surface area contributed by atoms with Crippen LogP contribution in [0.1, 0.15) is 45.4 Å². The first kappa shape index (κ1) is 14.8. The molecule has 0 aromatic heterocycles. The SMILES string of the molecule is COCC(=O)N1CCC(NC2CCCCC2C)CC1. The third kappa shape index (κ3) is 4.18. The summed E-state index contributed by atoms with van der Waals surface area (Å²) >= 11 is 0. The minimum atomic E-state index is 0.131. The summed E-state index contributed by atoms with van der Waals surface area (Å²) in [7, 11) is 1.58. The van der Waals surface area contributed by atoms with E-state index in [4.69, 9.17) is 4.74 Å². The van der Waals surface area contributed by atoms with Gasteiger partial charge in [0.1, 0.15) is 6.61 Å². The van der Waals surface area contributed by atoms with Gasteiger partial charge in [-0.15, -0.1) is 0 Å². The van der Waals surface area contributed by atoms with Gasteiger partial charge in [0.25, 0.3) is 0 Å². The van der Waals surface area contributed by atoms with Crippen LogP contribution >= 0.6 is 0 Å². The highest BCUT2D eigenvalue weighted by molar-refractivity contribution is 5.77. The monoisotopic (exact) mass is 268 g/mol. The molecule has 2 atom stereocenters. The van der Waals surface area contributed by atoms with E-state index in [0.29, 0.717) is 12.1 Å². The second-order valence-electron chi connectivity index (χ2n) is 6.12. The van der Waals surface area contributed by atoms with Gasteiger partial charge in [-0.25, -0.2) is 0 Å². The zero-order valence-electron chi connectivity index (χ0n) is 12.4. The van der Waals surface area contributed by atoms with Gasteiger partial charge < -0.3 is 15.0 Å². The summed E-state index contributed by atoms with van der Waals surface area (Å²) in [5, 5.41) is 3.83. The van der Waals surface area contributed by atoms with Gasteiger partial charge in [-0.2, -0.15) is 0 Å². The molecule has 0 aromatic rings. The molecule has 1 saturated heterocycles. The number of hydrogen-bond donors (Lipinski definition) is 1. The Bertz CT molecular complexity index is 288. The lowest BCUT2D eigenvalue weighted by molar-refractivity contribution is -0.136. The Labute approximate surface area is 116 Å². The number of carbonyl (C=O) groups excluding carboxylic acids is 1. The van der Waals surface area contributed by atoms with Crippen LogP contribution in [0.4, 0.5) is 0 Å². The number of hydrogen-bond acceptors (Lipinski definition) is 3. The van der Waals surface area contributed by atoms with Crippen LogP contribution < -0.4 is 5.32 Å². The van der Waals surface area contributed by atoms with Crippen molar-refractivity contribution in [2.24, 2.45) is 5.92 Å². The predicted molar refractivity (Wildman–Crippen MR) is 76.0 cm³/mol. The van der Waals surface area contributed by atoms with E-state index in [1.54, 1.807) is 7.11 Å². The van der Waals surface area contributed by atoms with Crippen molar-refractivity contribution in [3.05, 3.63) is 0 Å². The number of nitrogens with one attached hydrogen (secondary N) is 1. The molecule has 0 spiro atoms. The van der Waals surface area contributed by atoms with Crippen molar-refractivity contribution >= 4 is 5.91 Å². The van der Waals surface area contributed by atoms with Crippen molar-refractivity contribution in [1.82, 2.24) is 10.2 Å². The van der Waals surface area contributed by atoms with E-state index >= 15 is 0 Å². The minimum Gasteiger partial charge on any atom is -0.375 e. The number of nitrogens with zero attached hydrogens (tertiary/aromatic N) is 1. The number of ether oxygens (including phenoxy) is 1. The van der Waals surface area contributed by atoms with Gasteiger partial charge in [-0.05, 0) is 31.6 Å².